The number of aromatic nitrogens is 2. The zero-order valence-corrected chi connectivity index (χ0v) is 17.5. The molecule has 0 amide bonds. The molecule has 0 fully saturated rings. The van der Waals surface area contributed by atoms with Gasteiger partial charge in [-0.15, -0.1) is 0 Å². The molecule has 4 rings (SSSR count). The molecule has 30 heavy (non-hydrogen) atoms. The Bertz CT molecular complexity index is 1070. The van der Waals surface area contributed by atoms with Crippen molar-refractivity contribution in [2.75, 3.05) is 40.0 Å². The van der Waals surface area contributed by atoms with Crippen molar-refractivity contribution in [1.82, 2.24) is 14.5 Å². The maximum atomic E-state index is 12.2. The largest absolute Gasteiger partial charge is 0.460 e. The van der Waals surface area contributed by atoms with E-state index in [1.54, 1.807) is 25.6 Å². The molecular formula is C24H27N3O3. The average molecular weight is 405 g/mol. The zero-order valence-electron chi connectivity index (χ0n) is 17.5. The van der Waals surface area contributed by atoms with Gasteiger partial charge in [0.2, 0.25) is 0 Å². The van der Waals surface area contributed by atoms with Gasteiger partial charge >= 0.3 is 5.97 Å². The molecule has 1 aliphatic heterocycles. The van der Waals surface area contributed by atoms with Crippen molar-refractivity contribution in [3.63, 3.8) is 0 Å². The fraction of sp³-hybridized carbons (Fsp3) is 0.333. The number of rotatable bonds is 7. The number of carbonyl (C=O) groups is 1. The second kappa shape index (κ2) is 9.24. The number of methoxy groups -OCH3 is 1. The van der Waals surface area contributed by atoms with E-state index in [-0.39, 0.29) is 12.6 Å². The van der Waals surface area contributed by atoms with E-state index in [1.807, 2.05) is 6.07 Å². The van der Waals surface area contributed by atoms with E-state index in [0.29, 0.717) is 12.2 Å². The zero-order chi connectivity index (χ0) is 20.9. The lowest BCUT2D eigenvalue weighted by atomic mass is 9.99. The van der Waals surface area contributed by atoms with Gasteiger partial charge in [0.25, 0.3) is 0 Å². The highest BCUT2D eigenvalue weighted by atomic mass is 16.6. The van der Waals surface area contributed by atoms with Crippen molar-refractivity contribution < 1.29 is 14.3 Å². The molecule has 3 aromatic rings. The van der Waals surface area contributed by atoms with Crippen LogP contribution in [0.2, 0.25) is 0 Å². The SMILES string of the molecule is CCN1CC=C(c2cccc(-n3cnc4cc(C(=O)OCCOC)ccc43)c2)CC1. The van der Waals surface area contributed by atoms with Gasteiger partial charge in [0, 0.05) is 25.9 Å². The minimum atomic E-state index is -0.365. The van der Waals surface area contributed by atoms with Crippen LogP contribution in [0.1, 0.15) is 29.3 Å². The van der Waals surface area contributed by atoms with Crippen LogP contribution in [0.5, 0.6) is 0 Å². The van der Waals surface area contributed by atoms with Crippen LogP contribution in [0.25, 0.3) is 22.3 Å². The predicted molar refractivity (Wildman–Crippen MR) is 118 cm³/mol. The number of likely N-dealkylation sites (N-methyl/N-ethyl adjacent to an activating group) is 1. The highest BCUT2D eigenvalue weighted by Gasteiger charge is 2.14. The molecule has 0 spiro atoms. The fourth-order valence-electron chi connectivity index (χ4n) is 3.76. The third kappa shape index (κ3) is 4.30. The molecule has 156 valence electrons. The first-order chi connectivity index (χ1) is 14.7. The minimum absolute atomic E-state index is 0.237. The molecule has 1 aliphatic rings. The summed E-state index contributed by atoms with van der Waals surface area (Å²) in [7, 11) is 1.58. The number of imidazole rings is 1. The molecule has 0 radical (unpaired) electrons. The van der Waals surface area contributed by atoms with Crippen LogP contribution in [0, 0.1) is 0 Å². The van der Waals surface area contributed by atoms with Crippen LogP contribution in [-0.4, -0.2) is 60.4 Å². The predicted octanol–water partition coefficient (Wildman–Crippen LogP) is 3.94. The van der Waals surface area contributed by atoms with Crippen molar-refractivity contribution >= 4 is 22.6 Å². The van der Waals surface area contributed by atoms with Crippen molar-refractivity contribution in [2.45, 2.75) is 13.3 Å². The molecule has 2 heterocycles. The molecule has 0 bridgehead atoms. The molecule has 0 aliphatic carbocycles. The van der Waals surface area contributed by atoms with Crippen LogP contribution in [-0.2, 0) is 9.47 Å². The summed E-state index contributed by atoms with van der Waals surface area (Å²) in [6, 6.07) is 14.0. The molecule has 0 unspecified atom stereocenters. The van der Waals surface area contributed by atoms with E-state index in [0.717, 1.165) is 42.8 Å². The molecule has 6 nitrogen and oxygen atoms in total. The maximum Gasteiger partial charge on any atom is 0.338 e. The molecule has 0 N–H and O–H groups in total. The minimum Gasteiger partial charge on any atom is -0.460 e. The lowest BCUT2D eigenvalue weighted by Crippen LogP contribution is -2.28. The summed E-state index contributed by atoms with van der Waals surface area (Å²) in [6.45, 7) is 6.02. The summed E-state index contributed by atoms with van der Waals surface area (Å²) in [6.07, 6.45) is 5.20. The Morgan fingerprint density at radius 2 is 2.07 bits per heavy atom. The van der Waals surface area contributed by atoms with Gasteiger partial charge in [-0.1, -0.05) is 25.1 Å². The number of nitrogens with zero attached hydrogens (tertiary/aromatic N) is 3. The number of benzene rings is 2. The first kappa shape index (κ1) is 20.3. The quantitative estimate of drug-likeness (QED) is 0.440. The van der Waals surface area contributed by atoms with E-state index < -0.39 is 0 Å². The summed E-state index contributed by atoms with van der Waals surface area (Å²) in [4.78, 5) is 19.1. The Morgan fingerprint density at radius 3 is 2.83 bits per heavy atom. The Balaban J connectivity index is 1.58. The summed E-state index contributed by atoms with van der Waals surface area (Å²) >= 11 is 0. The van der Waals surface area contributed by atoms with E-state index in [2.05, 4.69) is 51.7 Å². The monoisotopic (exact) mass is 405 g/mol. The molecule has 2 aromatic carbocycles. The number of hydrogen-bond donors (Lipinski definition) is 0. The van der Waals surface area contributed by atoms with Crippen LogP contribution in [0.4, 0.5) is 0 Å². The molecule has 1 aromatic heterocycles. The maximum absolute atomic E-state index is 12.2. The Hall–Kier alpha value is -2.96. The van der Waals surface area contributed by atoms with Crippen molar-refractivity contribution in [3.05, 3.63) is 66.0 Å². The number of hydrogen-bond acceptors (Lipinski definition) is 5. The van der Waals surface area contributed by atoms with E-state index in [9.17, 15) is 4.79 Å². The van der Waals surface area contributed by atoms with Gasteiger partial charge in [0.1, 0.15) is 12.9 Å². The van der Waals surface area contributed by atoms with Crippen LogP contribution >= 0.6 is 0 Å². The third-order valence-corrected chi connectivity index (χ3v) is 5.54. The van der Waals surface area contributed by atoms with Crippen LogP contribution in [0.3, 0.4) is 0 Å². The van der Waals surface area contributed by atoms with Gasteiger partial charge in [0.15, 0.2) is 0 Å². The summed E-state index contributed by atoms with van der Waals surface area (Å²) in [5.74, 6) is -0.365. The highest BCUT2D eigenvalue weighted by molar-refractivity contribution is 5.94. The number of ether oxygens (including phenoxy) is 2. The van der Waals surface area contributed by atoms with Gasteiger partial charge in [-0.3, -0.25) is 9.47 Å². The average Bonchev–Trinajstić information content (AvgIpc) is 3.22. The second-order valence-electron chi connectivity index (χ2n) is 7.37. The Morgan fingerprint density at radius 1 is 1.17 bits per heavy atom. The molecule has 0 atom stereocenters. The number of carbonyl (C=O) groups excluding carboxylic acids is 1. The first-order valence-corrected chi connectivity index (χ1v) is 10.3. The number of fused-ring (bicyclic) bond motifs is 1. The highest BCUT2D eigenvalue weighted by Crippen LogP contribution is 2.26. The van der Waals surface area contributed by atoms with Crippen molar-refractivity contribution in [1.29, 1.82) is 0 Å². The Labute approximate surface area is 176 Å². The normalized spacial score (nSPS) is 14.7. The third-order valence-electron chi connectivity index (χ3n) is 5.54. The van der Waals surface area contributed by atoms with E-state index >= 15 is 0 Å². The van der Waals surface area contributed by atoms with Gasteiger partial charge in [0.05, 0.1) is 23.2 Å². The molecule has 0 saturated carbocycles. The smallest absolute Gasteiger partial charge is 0.338 e. The van der Waals surface area contributed by atoms with Gasteiger partial charge in [-0.25, -0.2) is 9.78 Å². The second-order valence-corrected chi connectivity index (χ2v) is 7.37. The summed E-state index contributed by atoms with van der Waals surface area (Å²) in [5.41, 5.74) is 5.91. The van der Waals surface area contributed by atoms with Crippen LogP contribution < -0.4 is 0 Å². The summed E-state index contributed by atoms with van der Waals surface area (Å²) in [5, 5.41) is 0. The fourth-order valence-corrected chi connectivity index (χ4v) is 3.76. The van der Waals surface area contributed by atoms with E-state index in [4.69, 9.17) is 9.47 Å². The van der Waals surface area contributed by atoms with Crippen molar-refractivity contribution in [2.24, 2.45) is 0 Å². The molecule has 0 saturated heterocycles. The van der Waals surface area contributed by atoms with E-state index in [1.165, 1.54) is 11.1 Å². The molecular weight excluding hydrogens is 378 g/mol. The number of esters is 1. The molecule has 6 heteroatoms. The summed E-state index contributed by atoms with van der Waals surface area (Å²) < 4.78 is 12.2. The Kier molecular flexibility index (Phi) is 6.26. The topological polar surface area (TPSA) is 56.6 Å². The standard InChI is InChI=1S/C24H27N3O3/c1-3-26-11-9-18(10-12-26)19-5-4-6-21(15-19)27-17-25-22-16-20(7-8-23(22)27)24(28)30-14-13-29-2/h4-9,15-17H,3,10-14H2,1-2H3. The van der Waals surface area contributed by atoms with Gasteiger partial charge in [-0.05, 0) is 54.4 Å². The van der Waals surface area contributed by atoms with Gasteiger partial charge < -0.3 is 9.47 Å². The van der Waals surface area contributed by atoms with Crippen LogP contribution in [0.15, 0.2) is 54.9 Å². The first-order valence-electron chi connectivity index (χ1n) is 10.3. The van der Waals surface area contributed by atoms with Crippen molar-refractivity contribution in [3.8, 4) is 5.69 Å². The lowest BCUT2D eigenvalue weighted by Gasteiger charge is -2.25. The van der Waals surface area contributed by atoms with Gasteiger partial charge in [-0.2, -0.15) is 0 Å². The lowest BCUT2D eigenvalue weighted by molar-refractivity contribution is 0.0388.